The Morgan fingerprint density at radius 1 is 0.833 bits per heavy atom. The minimum absolute atomic E-state index is 0.0547. The Balaban J connectivity index is 3.90. The summed E-state index contributed by atoms with van der Waals surface area (Å²) in [6, 6.07) is 0. The summed E-state index contributed by atoms with van der Waals surface area (Å²) in [6.45, 7) is 9.31. The minimum Gasteiger partial charge on any atom is -0.330 e. The molecule has 0 unspecified atom stereocenters. The predicted octanol–water partition coefficient (Wildman–Crippen LogP) is 1.20. The van der Waals surface area contributed by atoms with Gasteiger partial charge < -0.3 is 22.1 Å². The third kappa shape index (κ3) is 9.83. The molecular weight excluding hydrogens is 224 g/mol. The number of nitrogens with two attached hydrogens (primary N) is 2. The highest BCUT2D eigenvalue weighted by molar-refractivity contribution is 4.85. The van der Waals surface area contributed by atoms with Crippen molar-refractivity contribution in [1.29, 1.82) is 0 Å². The SMILES string of the molecule is CCCNCCC(N)(CCCN)CCNCCC. The van der Waals surface area contributed by atoms with Crippen LogP contribution in [-0.2, 0) is 0 Å². The zero-order valence-corrected chi connectivity index (χ0v) is 12.4. The predicted molar refractivity (Wildman–Crippen MR) is 80.8 cm³/mol. The van der Waals surface area contributed by atoms with E-state index < -0.39 is 0 Å². The van der Waals surface area contributed by atoms with Gasteiger partial charge in [0.1, 0.15) is 0 Å². The Morgan fingerprint density at radius 3 is 1.72 bits per heavy atom. The Kier molecular flexibility index (Phi) is 11.8. The lowest BCUT2D eigenvalue weighted by Gasteiger charge is -2.30. The van der Waals surface area contributed by atoms with Crippen LogP contribution in [0.15, 0.2) is 0 Å². The summed E-state index contributed by atoms with van der Waals surface area (Å²) in [7, 11) is 0. The maximum Gasteiger partial charge on any atom is 0.0179 e. The monoisotopic (exact) mass is 258 g/mol. The molecule has 0 aliphatic rings. The molecule has 0 aliphatic carbocycles. The average molecular weight is 258 g/mol. The van der Waals surface area contributed by atoms with E-state index in [-0.39, 0.29) is 5.54 Å². The quantitative estimate of drug-likeness (QED) is 0.375. The van der Waals surface area contributed by atoms with Gasteiger partial charge in [0.15, 0.2) is 0 Å². The van der Waals surface area contributed by atoms with Crippen molar-refractivity contribution in [2.75, 3.05) is 32.7 Å². The highest BCUT2D eigenvalue weighted by Gasteiger charge is 2.23. The molecule has 0 rings (SSSR count). The normalized spacial score (nSPS) is 12.0. The molecule has 0 aromatic rings. The Labute approximate surface area is 113 Å². The van der Waals surface area contributed by atoms with Gasteiger partial charge in [-0.3, -0.25) is 0 Å². The number of hydrogen-bond acceptors (Lipinski definition) is 4. The molecule has 0 heterocycles. The van der Waals surface area contributed by atoms with Crippen molar-refractivity contribution in [3.8, 4) is 0 Å². The molecule has 18 heavy (non-hydrogen) atoms. The first-order valence-electron chi connectivity index (χ1n) is 7.59. The van der Waals surface area contributed by atoms with Gasteiger partial charge in [-0.05, 0) is 71.2 Å². The van der Waals surface area contributed by atoms with Crippen molar-refractivity contribution in [3.63, 3.8) is 0 Å². The first-order valence-corrected chi connectivity index (χ1v) is 7.59. The summed E-state index contributed by atoms with van der Waals surface area (Å²) in [5.41, 5.74) is 12.1. The molecule has 0 fully saturated rings. The number of rotatable bonds is 13. The second-order valence-corrected chi connectivity index (χ2v) is 5.25. The summed E-state index contributed by atoms with van der Waals surface area (Å²) >= 11 is 0. The van der Waals surface area contributed by atoms with Crippen LogP contribution in [0.4, 0.5) is 0 Å². The van der Waals surface area contributed by atoms with Gasteiger partial charge in [0.25, 0.3) is 0 Å². The standard InChI is InChI=1S/C14H34N4/c1-3-10-17-12-7-14(16,6-5-9-15)8-13-18-11-4-2/h17-18H,3-13,15-16H2,1-2H3. The molecule has 0 saturated heterocycles. The van der Waals surface area contributed by atoms with Crippen LogP contribution in [-0.4, -0.2) is 38.3 Å². The van der Waals surface area contributed by atoms with Crippen LogP contribution in [0.3, 0.4) is 0 Å². The van der Waals surface area contributed by atoms with E-state index in [0.717, 1.165) is 58.4 Å². The summed E-state index contributed by atoms with van der Waals surface area (Å²) in [5, 5.41) is 6.87. The van der Waals surface area contributed by atoms with Gasteiger partial charge in [-0.25, -0.2) is 0 Å². The fourth-order valence-corrected chi connectivity index (χ4v) is 2.11. The third-order valence-electron chi connectivity index (χ3n) is 3.33. The van der Waals surface area contributed by atoms with E-state index >= 15 is 0 Å². The van der Waals surface area contributed by atoms with E-state index in [0.29, 0.717) is 0 Å². The second-order valence-electron chi connectivity index (χ2n) is 5.25. The minimum atomic E-state index is -0.0547. The molecule has 0 amide bonds. The molecule has 0 aromatic carbocycles. The zero-order chi connectivity index (χ0) is 13.7. The van der Waals surface area contributed by atoms with Crippen LogP contribution in [0.25, 0.3) is 0 Å². The summed E-state index contributed by atoms with van der Waals surface area (Å²) in [4.78, 5) is 0. The van der Waals surface area contributed by atoms with E-state index in [9.17, 15) is 0 Å². The van der Waals surface area contributed by atoms with Crippen LogP contribution in [0.2, 0.25) is 0 Å². The largest absolute Gasteiger partial charge is 0.330 e. The smallest absolute Gasteiger partial charge is 0.0179 e. The fourth-order valence-electron chi connectivity index (χ4n) is 2.11. The molecule has 4 nitrogen and oxygen atoms in total. The van der Waals surface area contributed by atoms with E-state index in [2.05, 4.69) is 24.5 Å². The molecule has 110 valence electrons. The van der Waals surface area contributed by atoms with E-state index in [1.165, 1.54) is 12.8 Å². The van der Waals surface area contributed by atoms with Gasteiger partial charge >= 0.3 is 0 Å². The van der Waals surface area contributed by atoms with Gasteiger partial charge in [0, 0.05) is 5.54 Å². The van der Waals surface area contributed by atoms with E-state index in [1.807, 2.05) is 0 Å². The first kappa shape index (κ1) is 17.8. The summed E-state index contributed by atoms with van der Waals surface area (Å²) in [5.74, 6) is 0. The maximum atomic E-state index is 6.51. The molecule has 0 saturated carbocycles. The lowest BCUT2D eigenvalue weighted by molar-refractivity contribution is 0.322. The Bertz CT molecular complexity index is 161. The van der Waals surface area contributed by atoms with Crippen LogP contribution < -0.4 is 22.1 Å². The van der Waals surface area contributed by atoms with Crippen molar-refractivity contribution >= 4 is 0 Å². The van der Waals surface area contributed by atoms with Crippen molar-refractivity contribution in [2.24, 2.45) is 11.5 Å². The van der Waals surface area contributed by atoms with Crippen LogP contribution in [0.5, 0.6) is 0 Å². The topological polar surface area (TPSA) is 76.1 Å². The van der Waals surface area contributed by atoms with Gasteiger partial charge in [-0.1, -0.05) is 13.8 Å². The fraction of sp³-hybridized carbons (Fsp3) is 1.00. The first-order chi connectivity index (χ1) is 8.68. The maximum absolute atomic E-state index is 6.51. The van der Waals surface area contributed by atoms with Crippen LogP contribution in [0, 0.1) is 0 Å². The van der Waals surface area contributed by atoms with Crippen molar-refractivity contribution in [3.05, 3.63) is 0 Å². The molecule has 0 bridgehead atoms. The second kappa shape index (κ2) is 11.9. The van der Waals surface area contributed by atoms with Crippen molar-refractivity contribution in [1.82, 2.24) is 10.6 Å². The Hall–Kier alpha value is -0.160. The molecule has 0 aromatic heterocycles. The lowest BCUT2D eigenvalue weighted by atomic mass is 9.87. The highest BCUT2D eigenvalue weighted by Crippen LogP contribution is 2.17. The molecule has 4 heteroatoms. The van der Waals surface area contributed by atoms with E-state index in [1.54, 1.807) is 0 Å². The van der Waals surface area contributed by atoms with Gasteiger partial charge in [0.05, 0.1) is 0 Å². The highest BCUT2D eigenvalue weighted by atomic mass is 14.9. The molecule has 0 aliphatic heterocycles. The van der Waals surface area contributed by atoms with Crippen molar-refractivity contribution in [2.45, 2.75) is 57.9 Å². The van der Waals surface area contributed by atoms with Crippen LogP contribution in [0.1, 0.15) is 52.4 Å². The summed E-state index contributed by atoms with van der Waals surface area (Å²) < 4.78 is 0. The number of nitrogens with one attached hydrogen (secondary N) is 2. The molecular formula is C14H34N4. The van der Waals surface area contributed by atoms with Gasteiger partial charge in [-0.15, -0.1) is 0 Å². The third-order valence-corrected chi connectivity index (χ3v) is 3.33. The van der Waals surface area contributed by atoms with E-state index in [4.69, 9.17) is 11.5 Å². The van der Waals surface area contributed by atoms with Gasteiger partial charge in [0.2, 0.25) is 0 Å². The molecule has 6 N–H and O–H groups in total. The zero-order valence-electron chi connectivity index (χ0n) is 12.4. The Morgan fingerprint density at radius 2 is 1.33 bits per heavy atom. The van der Waals surface area contributed by atoms with Gasteiger partial charge in [-0.2, -0.15) is 0 Å². The lowest BCUT2D eigenvalue weighted by Crippen LogP contribution is -2.45. The number of hydrogen-bond donors (Lipinski definition) is 4. The summed E-state index contributed by atoms with van der Waals surface area (Å²) in [6.07, 6.45) is 6.50. The molecule has 0 radical (unpaired) electrons. The average Bonchev–Trinajstić information content (AvgIpc) is 2.38. The van der Waals surface area contributed by atoms with Crippen LogP contribution >= 0.6 is 0 Å². The molecule has 0 atom stereocenters. The van der Waals surface area contributed by atoms with Crippen molar-refractivity contribution < 1.29 is 0 Å². The molecule has 0 spiro atoms.